The number of rotatable bonds is 5. The lowest BCUT2D eigenvalue weighted by Crippen LogP contribution is -2.14. The summed E-state index contributed by atoms with van der Waals surface area (Å²) in [4.78, 5) is 3.98. The van der Waals surface area contributed by atoms with Gasteiger partial charge in [0, 0.05) is 23.9 Å². The zero-order valence-corrected chi connectivity index (χ0v) is 10.7. The maximum Gasteiger partial charge on any atom is 0.213 e. The van der Waals surface area contributed by atoms with Gasteiger partial charge in [-0.1, -0.05) is 30.3 Å². The van der Waals surface area contributed by atoms with Crippen LogP contribution in [0.4, 0.5) is 0 Å². The highest BCUT2D eigenvalue weighted by Gasteiger charge is 2.12. The number of nitrogens with one attached hydrogen (secondary N) is 1. The average Bonchev–Trinajstić information content (AvgIpc) is 3.06. The number of hydrogen-bond donors (Lipinski definition) is 1. The molecule has 0 aliphatic rings. The van der Waals surface area contributed by atoms with E-state index in [1.165, 1.54) is 17.3 Å². The van der Waals surface area contributed by atoms with E-state index in [-0.39, 0.29) is 0 Å². The third-order valence-corrected chi connectivity index (χ3v) is 3.09. The van der Waals surface area contributed by atoms with Crippen molar-refractivity contribution >= 4 is 11.0 Å². The summed E-state index contributed by atoms with van der Waals surface area (Å²) in [6, 6.07) is 8.10. The van der Waals surface area contributed by atoms with Crippen molar-refractivity contribution in [3.05, 3.63) is 47.8 Å². The summed E-state index contributed by atoms with van der Waals surface area (Å²) in [6.07, 6.45) is 2.22. The van der Waals surface area contributed by atoms with E-state index < -0.39 is 0 Å². The van der Waals surface area contributed by atoms with Crippen LogP contribution in [0.5, 0.6) is 0 Å². The zero-order chi connectivity index (χ0) is 13.1. The fraction of sp³-hybridized carbons (Fsp3) is 0.286. The molecule has 3 rings (SSSR count). The minimum atomic E-state index is 0.583. The third-order valence-electron chi connectivity index (χ3n) is 3.09. The van der Waals surface area contributed by atoms with Crippen molar-refractivity contribution in [2.24, 2.45) is 0 Å². The monoisotopic (exact) mass is 257 g/mol. The minimum Gasteiger partial charge on any atom is -0.461 e. The number of benzene rings is 1. The first-order chi connectivity index (χ1) is 9.38. The Bertz CT molecular complexity index is 658. The first kappa shape index (κ1) is 11.9. The second-order valence-electron chi connectivity index (χ2n) is 4.30. The standard InChI is InChI=1S/C14H15N3O2/c1-2-12-11(7-15-8-14-16-9-18-17-14)10-5-3-4-6-13(10)19-12/h3-6,9,15H,2,7-8H2,1H3. The molecule has 1 N–H and O–H groups in total. The molecule has 3 aromatic rings. The molecule has 98 valence electrons. The summed E-state index contributed by atoms with van der Waals surface area (Å²) in [6.45, 7) is 3.41. The van der Waals surface area contributed by atoms with Crippen molar-refractivity contribution in [3.8, 4) is 0 Å². The minimum absolute atomic E-state index is 0.583. The molecule has 0 spiro atoms. The Kier molecular flexibility index (Phi) is 3.29. The number of nitrogens with zero attached hydrogens (tertiary/aromatic N) is 2. The summed E-state index contributed by atoms with van der Waals surface area (Å²) < 4.78 is 10.5. The summed E-state index contributed by atoms with van der Waals surface area (Å²) in [5, 5.41) is 8.25. The highest BCUT2D eigenvalue weighted by Crippen LogP contribution is 2.26. The lowest BCUT2D eigenvalue weighted by Gasteiger charge is -2.02. The Morgan fingerprint density at radius 1 is 1.21 bits per heavy atom. The first-order valence-corrected chi connectivity index (χ1v) is 6.33. The van der Waals surface area contributed by atoms with Gasteiger partial charge in [0.15, 0.2) is 5.82 Å². The highest BCUT2D eigenvalue weighted by molar-refractivity contribution is 5.82. The third kappa shape index (κ3) is 2.37. The molecule has 0 saturated carbocycles. The molecule has 2 aromatic heterocycles. The molecule has 1 aromatic carbocycles. The summed E-state index contributed by atoms with van der Waals surface area (Å²) in [5.41, 5.74) is 2.15. The average molecular weight is 257 g/mol. The molecule has 0 aliphatic heterocycles. The van der Waals surface area contributed by atoms with Crippen molar-refractivity contribution in [1.82, 2.24) is 15.5 Å². The summed E-state index contributed by atoms with van der Waals surface area (Å²) in [7, 11) is 0. The van der Waals surface area contributed by atoms with Gasteiger partial charge in [0.05, 0.1) is 6.54 Å². The fourth-order valence-electron chi connectivity index (χ4n) is 2.20. The maximum absolute atomic E-state index is 5.85. The molecule has 0 radical (unpaired) electrons. The van der Waals surface area contributed by atoms with E-state index >= 15 is 0 Å². The van der Waals surface area contributed by atoms with Crippen LogP contribution in [0.2, 0.25) is 0 Å². The molecule has 2 heterocycles. The molecule has 5 heteroatoms. The zero-order valence-electron chi connectivity index (χ0n) is 10.7. The first-order valence-electron chi connectivity index (χ1n) is 6.33. The van der Waals surface area contributed by atoms with Crippen LogP contribution in [0.3, 0.4) is 0 Å². The number of fused-ring (bicyclic) bond motifs is 1. The summed E-state index contributed by atoms with van der Waals surface area (Å²) >= 11 is 0. The molecule has 0 bridgehead atoms. The Hall–Kier alpha value is -2.14. The molecule has 0 aliphatic carbocycles. The van der Waals surface area contributed by atoms with E-state index in [1.54, 1.807) is 0 Å². The van der Waals surface area contributed by atoms with Gasteiger partial charge in [0.1, 0.15) is 11.3 Å². The van der Waals surface area contributed by atoms with Crippen LogP contribution in [0.1, 0.15) is 24.1 Å². The molecule has 0 unspecified atom stereocenters. The fourth-order valence-corrected chi connectivity index (χ4v) is 2.20. The van der Waals surface area contributed by atoms with Crippen molar-refractivity contribution in [1.29, 1.82) is 0 Å². The van der Waals surface area contributed by atoms with Crippen LogP contribution in [0.15, 0.2) is 39.6 Å². The Labute approximate surface area is 110 Å². The molecular formula is C14H15N3O2. The van der Waals surface area contributed by atoms with Crippen LogP contribution >= 0.6 is 0 Å². The molecular weight excluding hydrogens is 242 g/mol. The predicted octanol–water partition coefficient (Wildman–Crippen LogP) is 2.67. The van der Waals surface area contributed by atoms with Gasteiger partial charge in [-0.25, -0.2) is 0 Å². The van der Waals surface area contributed by atoms with E-state index in [0.29, 0.717) is 12.4 Å². The molecule has 0 amide bonds. The number of aryl methyl sites for hydroxylation is 1. The lowest BCUT2D eigenvalue weighted by molar-refractivity contribution is 0.407. The predicted molar refractivity (Wildman–Crippen MR) is 70.4 cm³/mol. The van der Waals surface area contributed by atoms with Gasteiger partial charge in [-0.3, -0.25) is 0 Å². The normalized spacial score (nSPS) is 11.2. The van der Waals surface area contributed by atoms with Crippen molar-refractivity contribution in [3.63, 3.8) is 0 Å². The summed E-state index contributed by atoms with van der Waals surface area (Å²) in [5.74, 6) is 1.69. The molecule has 0 fully saturated rings. The van der Waals surface area contributed by atoms with Crippen molar-refractivity contribution < 1.29 is 8.94 Å². The van der Waals surface area contributed by atoms with E-state index in [0.717, 1.165) is 24.3 Å². The van der Waals surface area contributed by atoms with E-state index in [1.807, 2.05) is 18.2 Å². The second kappa shape index (κ2) is 5.24. The van der Waals surface area contributed by atoms with Gasteiger partial charge in [-0.05, 0) is 6.07 Å². The van der Waals surface area contributed by atoms with E-state index in [4.69, 9.17) is 8.94 Å². The van der Waals surface area contributed by atoms with Crippen LogP contribution < -0.4 is 5.32 Å². The van der Waals surface area contributed by atoms with Crippen LogP contribution in [0, 0.1) is 0 Å². The number of para-hydroxylation sites is 1. The number of aromatic nitrogens is 2. The van der Waals surface area contributed by atoms with Gasteiger partial charge in [-0.2, -0.15) is 4.98 Å². The smallest absolute Gasteiger partial charge is 0.213 e. The van der Waals surface area contributed by atoms with Crippen LogP contribution in [-0.4, -0.2) is 10.1 Å². The maximum atomic E-state index is 5.85. The van der Waals surface area contributed by atoms with Crippen molar-refractivity contribution in [2.45, 2.75) is 26.4 Å². The SMILES string of the molecule is CCc1oc2ccccc2c1CNCc1ncon1. The molecule has 0 atom stereocenters. The van der Waals surface area contributed by atoms with E-state index in [2.05, 4.69) is 28.4 Å². The Balaban J connectivity index is 1.79. The second-order valence-corrected chi connectivity index (χ2v) is 4.30. The molecule has 0 saturated heterocycles. The Morgan fingerprint density at radius 3 is 2.89 bits per heavy atom. The topological polar surface area (TPSA) is 64.1 Å². The molecule has 19 heavy (non-hydrogen) atoms. The Morgan fingerprint density at radius 2 is 2.11 bits per heavy atom. The lowest BCUT2D eigenvalue weighted by atomic mass is 10.1. The van der Waals surface area contributed by atoms with E-state index in [9.17, 15) is 0 Å². The largest absolute Gasteiger partial charge is 0.461 e. The number of hydrogen-bond acceptors (Lipinski definition) is 5. The quantitative estimate of drug-likeness (QED) is 0.761. The van der Waals surface area contributed by atoms with Crippen LogP contribution in [0.25, 0.3) is 11.0 Å². The van der Waals surface area contributed by atoms with Gasteiger partial charge in [0.2, 0.25) is 6.39 Å². The molecule has 5 nitrogen and oxygen atoms in total. The van der Waals surface area contributed by atoms with Crippen molar-refractivity contribution in [2.75, 3.05) is 0 Å². The van der Waals surface area contributed by atoms with Gasteiger partial charge in [0.25, 0.3) is 0 Å². The van der Waals surface area contributed by atoms with Gasteiger partial charge in [-0.15, -0.1) is 0 Å². The van der Waals surface area contributed by atoms with Crippen LogP contribution in [-0.2, 0) is 19.5 Å². The van der Waals surface area contributed by atoms with Gasteiger partial charge >= 0.3 is 0 Å². The number of furan rings is 1. The van der Waals surface area contributed by atoms with Gasteiger partial charge < -0.3 is 14.3 Å². The highest BCUT2D eigenvalue weighted by atomic mass is 16.5.